The van der Waals surface area contributed by atoms with E-state index in [1.165, 1.54) is 11.8 Å². The third-order valence-electron chi connectivity index (χ3n) is 1.78. The van der Waals surface area contributed by atoms with Crippen molar-refractivity contribution in [3.8, 4) is 0 Å². The molecule has 15 heavy (non-hydrogen) atoms. The zero-order valence-electron chi connectivity index (χ0n) is 8.21. The molecule has 0 spiro atoms. The van der Waals surface area contributed by atoms with Gasteiger partial charge in [0.05, 0.1) is 0 Å². The van der Waals surface area contributed by atoms with Crippen molar-refractivity contribution in [3.63, 3.8) is 0 Å². The summed E-state index contributed by atoms with van der Waals surface area (Å²) in [6.07, 6.45) is 3.47. The minimum Gasteiger partial charge on any atom is -0.368 e. The molecular formula is C10H10N4S. The third-order valence-corrected chi connectivity index (χ3v) is 2.84. The summed E-state index contributed by atoms with van der Waals surface area (Å²) in [6, 6.07) is 5.75. The smallest absolute Gasteiger partial charge is 0.221 e. The standard InChI is InChI=1S/C10H10N4S/c1-7-6-13-10(11)14-9(7)15-8-4-2-3-5-12-8/h2-6H,1H3,(H2,11,13,14). The lowest BCUT2D eigenvalue weighted by molar-refractivity contribution is 1.01. The van der Waals surface area contributed by atoms with Gasteiger partial charge in [0.25, 0.3) is 0 Å². The molecule has 0 aliphatic carbocycles. The van der Waals surface area contributed by atoms with Crippen LogP contribution in [0.25, 0.3) is 0 Å². The fraction of sp³-hybridized carbons (Fsp3) is 0.100. The van der Waals surface area contributed by atoms with Crippen LogP contribution in [-0.2, 0) is 0 Å². The number of anilines is 1. The van der Waals surface area contributed by atoms with Crippen LogP contribution < -0.4 is 5.73 Å². The second-order valence-corrected chi connectivity index (χ2v) is 4.00. The largest absolute Gasteiger partial charge is 0.368 e. The molecule has 0 aromatic carbocycles. The van der Waals surface area contributed by atoms with Crippen LogP contribution in [0.2, 0.25) is 0 Å². The zero-order chi connectivity index (χ0) is 10.7. The van der Waals surface area contributed by atoms with Crippen LogP contribution in [0.1, 0.15) is 5.56 Å². The van der Waals surface area contributed by atoms with E-state index in [2.05, 4.69) is 15.0 Å². The van der Waals surface area contributed by atoms with E-state index >= 15 is 0 Å². The number of nitrogens with two attached hydrogens (primary N) is 1. The Bertz CT molecular complexity index is 458. The normalized spacial score (nSPS) is 10.2. The van der Waals surface area contributed by atoms with Gasteiger partial charge in [-0.15, -0.1) is 0 Å². The molecule has 2 heterocycles. The van der Waals surface area contributed by atoms with Gasteiger partial charge in [0, 0.05) is 18.0 Å². The van der Waals surface area contributed by atoms with E-state index in [1.807, 2.05) is 25.1 Å². The van der Waals surface area contributed by atoms with Crippen LogP contribution in [0.4, 0.5) is 5.95 Å². The molecule has 2 rings (SSSR count). The van der Waals surface area contributed by atoms with Gasteiger partial charge in [0.15, 0.2) is 0 Å². The number of pyridine rings is 1. The summed E-state index contributed by atoms with van der Waals surface area (Å²) >= 11 is 1.49. The summed E-state index contributed by atoms with van der Waals surface area (Å²) < 4.78 is 0. The van der Waals surface area contributed by atoms with Crippen molar-refractivity contribution in [2.24, 2.45) is 0 Å². The molecule has 0 unspecified atom stereocenters. The van der Waals surface area contributed by atoms with Gasteiger partial charge in [0.1, 0.15) is 10.1 Å². The van der Waals surface area contributed by atoms with Crippen molar-refractivity contribution in [1.29, 1.82) is 0 Å². The molecule has 0 atom stereocenters. The number of nitrogens with zero attached hydrogens (tertiary/aromatic N) is 3. The molecule has 0 bridgehead atoms. The molecular weight excluding hydrogens is 208 g/mol. The molecule has 76 valence electrons. The average molecular weight is 218 g/mol. The average Bonchev–Trinajstić information content (AvgIpc) is 2.25. The lowest BCUT2D eigenvalue weighted by atomic mass is 10.4. The minimum atomic E-state index is 0.291. The quantitative estimate of drug-likeness (QED) is 0.780. The fourth-order valence-corrected chi connectivity index (χ4v) is 1.86. The number of hydrogen-bond acceptors (Lipinski definition) is 5. The molecule has 0 fully saturated rings. The Morgan fingerprint density at radius 1 is 1.27 bits per heavy atom. The Hall–Kier alpha value is -1.62. The second kappa shape index (κ2) is 4.27. The zero-order valence-corrected chi connectivity index (χ0v) is 9.03. The number of hydrogen-bond donors (Lipinski definition) is 1. The summed E-state index contributed by atoms with van der Waals surface area (Å²) in [5, 5.41) is 1.75. The highest BCUT2D eigenvalue weighted by Gasteiger charge is 2.04. The molecule has 2 aromatic heterocycles. The monoisotopic (exact) mass is 218 g/mol. The van der Waals surface area contributed by atoms with Crippen molar-refractivity contribution in [2.75, 3.05) is 5.73 Å². The van der Waals surface area contributed by atoms with E-state index in [-0.39, 0.29) is 0 Å². The van der Waals surface area contributed by atoms with E-state index in [0.29, 0.717) is 5.95 Å². The SMILES string of the molecule is Cc1cnc(N)nc1Sc1ccccn1. The van der Waals surface area contributed by atoms with Crippen molar-refractivity contribution >= 4 is 17.7 Å². The molecule has 4 nitrogen and oxygen atoms in total. The number of aryl methyl sites for hydroxylation is 1. The van der Waals surface area contributed by atoms with Gasteiger partial charge in [0.2, 0.25) is 5.95 Å². The summed E-state index contributed by atoms with van der Waals surface area (Å²) in [6.45, 7) is 1.95. The Morgan fingerprint density at radius 3 is 2.87 bits per heavy atom. The predicted molar refractivity (Wildman–Crippen MR) is 59.5 cm³/mol. The lowest BCUT2D eigenvalue weighted by Gasteiger charge is -2.03. The van der Waals surface area contributed by atoms with Crippen LogP contribution in [0.15, 0.2) is 40.6 Å². The molecule has 0 radical (unpaired) electrons. The highest BCUT2D eigenvalue weighted by molar-refractivity contribution is 7.99. The number of nitrogen functional groups attached to an aromatic ring is 1. The van der Waals surface area contributed by atoms with Gasteiger partial charge < -0.3 is 5.73 Å². The Kier molecular flexibility index (Phi) is 2.82. The van der Waals surface area contributed by atoms with Crippen LogP contribution in [-0.4, -0.2) is 15.0 Å². The second-order valence-electron chi connectivity index (χ2n) is 2.99. The molecule has 0 saturated heterocycles. The predicted octanol–water partition coefficient (Wildman–Crippen LogP) is 1.91. The van der Waals surface area contributed by atoms with Crippen molar-refractivity contribution in [2.45, 2.75) is 17.0 Å². The summed E-state index contributed by atoms with van der Waals surface area (Å²) in [5.41, 5.74) is 6.53. The maximum atomic E-state index is 5.53. The van der Waals surface area contributed by atoms with E-state index < -0.39 is 0 Å². The molecule has 0 amide bonds. The summed E-state index contributed by atoms with van der Waals surface area (Å²) in [4.78, 5) is 12.3. The van der Waals surface area contributed by atoms with E-state index in [0.717, 1.165) is 15.6 Å². The summed E-state index contributed by atoms with van der Waals surface area (Å²) in [7, 11) is 0. The first kappa shape index (κ1) is 9.92. The van der Waals surface area contributed by atoms with E-state index in [9.17, 15) is 0 Å². The first-order chi connectivity index (χ1) is 7.25. The first-order valence-electron chi connectivity index (χ1n) is 4.44. The molecule has 0 aliphatic heterocycles. The topological polar surface area (TPSA) is 64.7 Å². The van der Waals surface area contributed by atoms with Gasteiger partial charge in [-0.1, -0.05) is 6.07 Å². The molecule has 5 heteroatoms. The van der Waals surface area contributed by atoms with Gasteiger partial charge in [-0.3, -0.25) is 0 Å². The lowest BCUT2D eigenvalue weighted by Crippen LogP contribution is -1.97. The van der Waals surface area contributed by atoms with E-state index in [1.54, 1.807) is 12.4 Å². The molecule has 2 aromatic rings. The van der Waals surface area contributed by atoms with Crippen molar-refractivity contribution in [3.05, 3.63) is 36.2 Å². The highest BCUT2D eigenvalue weighted by atomic mass is 32.2. The third kappa shape index (κ3) is 2.44. The number of rotatable bonds is 2. The molecule has 0 saturated carbocycles. The summed E-state index contributed by atoms with van der Waals surface area (Å²) in [5.74, 6) is 0.291. The van der Waals surface area contributed by atoms with Gasteiger partial charge in [-0.2, -0.15) is 0 Å². The first-order valence-corrected chi connectivity index (χ1v) is 5.25. The molecule has 2 N–H and O–H groups in total. The van der Waals surface area contributed by atoms with Gasteiger partial charge in [-0.05, 0) is 30.8 Å². The minimum absolute atomic E-state index is 0.291. The Labute approximate surface area is 92.0 Å². The maximum absolute atomic E-state index is 5.53. The van der Waals surface area contributed by atoms with E-state index in [4.69, 9.17) is 5.73 Å². The Morgan fingerprint density at radius 2 is 2.13 bits per heavy atom. The van der Waals surface area contributed by atoms with Gasteiger partial charge >= 0.3 is 0 Å². The number of aromatic nitrogens is 3. The van der Waals surface area contributed by atoms with Crippen LogP contribution in [0.3, 0.4) is 0 Å². The maximum Gasteiger partial charge on any atom is 0.221 e. The van der Waals surface area contributed by atoms with Gasteiger partial charge in [-0.25, -0.2) is 15.0 Å². The van der Waals surface area contributed by atoms with Crippen molar-refractivity contribution < 1.29 is 0 Å². The molecule has 0 aliphatic rings. The van der Waals surface area contributed by atoms with Crippen molar-refractivity contribution in [1.82, 2.24) is 15.0 Å². The van der Waals surface area contributed by atoms with Crippen LogP contribution >= 0.6 is 11.8 Å². The Balaban J connectivity index is 2.28. The highest BCUT2D eigenvalue weighted by Crippen LogP contribution is 2.26. The van der Waals surface area contributed by atoms with Crippen LogP contribution in [0.5, 0.6) is 0 Å². The van der Waals surface area contributed by atoms with Crippen LogP contribution in [0, 0.1) is 6.92 Å². The fourth-order valence-electron chi connectivity index (χ4n) is 1.05.